The smallest absolute Gasteiger partial charge is 0.338 e. The highest BCUT2D eigenvalue weighted by Crippen LogP contribution is 2.22. The number of aromatic nitrogens is 1. The molecule has 0 aliphatic carbocycles. The maximum absolute atomic E-state index is 13.7. The first-order valence-electron chi connectivity index (χ1n) is 6.31. The largest absolute Gasteiger partial charge is 0.478 e. The Labute approximate surface area is 125 Å². The summed E-state index contributed by atoms with van der Waals surface area (Å²) in [7, 11) is 0. The fraction of sp³-hybridized carbons (Fsp3) is 0.0625. The molecule has 3 rings (SSSR count). The summed E-state index contributed by atoms with van der Waals surface area (Å²) in [5.74, 6) is -1.99. The average Bonchev–Trinajstić information content (AvgIpc) is 2.81. The van der Waals surface area contributed by atoms with E-state index in [1.807, 2.05) is 35.0 Å². The average molecular weight is 304 g/mol. The molecule has 3 nitrogen and oxygen atoms in total. The summed E-state index contributed by atoms with van der Waals surface area (Å²) in [4.78, 5) is 10.8. The summed E-state index contributed by atoms with van der Waals surface area (Å²) < 4.78 is 15.6. The molecule has 0 saturated carbocycles. The van der Waals surface area contributed by atoms with Crippen LogP contribution < -0.4 is 0 Å². The highest BCUT2D eigenvalue weighted by atomic mass is 35.5. The lowest BCUT2D eigenvalue weighted by Gasteiger charge is -2.07. The lowest BCUT2D eigenvalue weighted by Crippen LogP contribution is -2.03. The number of halogens is 2. The van der Waals surface area contributed by atoms with Gasteiger partial charge in [-0.15, -0.1) is 0 Å². The fourth-order valence-corrected chi connectivity index (χ4v) is 2.49. The van der Waals surface area contributed by atoms with Gasteiger partial charge < -0.3 is 9.67 Å². The number of carboxylic acids is 1. The van der Waals surface area contributed by atoms with E-state index in [1.165, 1.54) is 12.1 Å². The standard InChI is InChI=1S/C16H11ClFNO2/c17-12-3-2-11-5-6-19(15(11)8-12)9-10-1-4-13(16(20)21)14(18)7-10/h1-8H,9H2,(H,20,21). The minimum atomic E-state index is -1.27. The molecule has 106 valence electrons. The molecule has 0 saturated heterocycles. The van der Waals surface area contributed by atoms with Crippen molar-refractivity contribution in [3.8, 4) is 0 Å². The first kappa shape index (κ1) is 13.6. The lowest BCUT2D eigenvalue weighted by molar-refractivity contribution is 0.0692. The van der Waals surface area contributed by atoms with Gasteiger partial charge in [0.1, 0.15) is 5.82 Å². The Morgan fingerprint density at radius 1 is 1.19 bits per heavy atom. The number of carbonyl (C=O) groups is 1. The molecule has 1 heterocycles. The molecular weight excluding hydrogens is 293 g/mol. The molecular formula is C16H11ClFNO2. The number of hydrogen-bond acceptors (Lipinski definition) is 1. The predicted octanol–water partition coefficient (Wildman–Crippen LogP) is 4.18. The minimum absolute atomic E-state index is 0.320. The number of benzene rings is 2. The Bertz CT molecular complexity index is 841. The Kier molecular flexibility index (Phi) is 3.39. The van der Waals surface area contributed by atoms with Crippen molar-refractivity contribution >= 4 is 28.5 Å². The maximum Gasteiger partial charge on any atom is 0.338 e. The van der Waals surface area contributed by atoms with Gasteiger partial charge in [-0.1, -0.05) is 23.7 Å². The predicted molar refractivity (Wildman–Crippen MR) is 79.4 cm³/mol. The lowest BCUT2D eigenvalue weighted by atomic mass is 10.1. The Balaban J connectivity index is 1.97. The first-order valence-corrected chi connectivity index (χ1v) is 6.68. The van der Waals surface area contributed by atoms with Crippen LogP contribution in [-0.4, -0.2) is 15.6 Å². The van der Waals surface area contributed by atoms with E-state index in [4.69, 9.17) is 16.7 Å². The topological polar surface area (TPSA) is 42.2 Å². The molecule has 0 amide bonds. The van der Waals surface area contributed by atoms with E-state index in [1.54, 1.807) is 6.07 Å². The molecule has 0 spiro atoms. The monoisotopic (exact) mass is 303 g/mol. The molecule has 0 atom stereocenters. The van der Waals surface area contributed by atoms with Crippen LogP contribution in [-0.2, 0) is 6.54 Å². The van der Waals surface area contributed by atoms with Gasteiger partial charge in [0.05, 0.1) is 5.56 Å². The summed E-state index contributed by atoms with van der Waals surface area (Å²) in [5, 5.41) is 10.5. The SMILES string of the molecule is O=C(O)c1ccc(Cn2ccc3ccc(Cl)cc32)cc1F. The second kappa shape index (κ2) is 5.22. The van der Waals surface area contributed by atoms with Crippen LogP contribution in [0, 0.1) is 5.82 Å². The van der Waals surface area contributed by atoms with E-state index < -0.39 is 11.8 Å². The van der Waals surface area contributed by atoms with Crippen molar-refractivity contribution in [1.82, 2.24) is 4.57 Å². The first-order chi connectivity index (χ1) is 10.0. The zero-order chi connectivity index (χ0) is 15.0. The number of carboxylic acid groups (broad SMARTS) is 1. The van der Waals surface area contributed by atoms with Gasteiger partial charge in [-0.3, -0.25) is 0 Å². The number of rotatable bonds is 3. The van der Waals surface area contributed by atoms with Crippen molar-refractivity contribution in [1.29, 1.82) is 0 Å². The maximum atomic E-state index is 13.7. The van der Waals surface area contributed by atoms with Crippen LogP contribution in [0.25, 0.3) is 10.9 Å². The van der Waals surface area contributed by atoms with Crippen LogP contribution in [0.3, 0.4) is 0 Å². The molecule has 1 N–H and O–H groups in total. The molecule has 1 aromatic heterocycles. The van der Waals surface area contributed by atoms with Gasteiger partial charge in [0.2, 0.25) is 0 Å². The van der Waals surface area contributed by atoms with E-state index in [2.05, 4.69) is 0 Å². The minimum Gasteiger partial charge on any atom is -0.478 e. The van der Waals surface area contributed by atoms with E-state index in [-0.39, 0.29) is 5.56 Å². The number of fused-ring (bicyclic) bond motifs is 1. The third-order valence-corrected chi connectivity index (χ3v) is 3.59. The van der Waals surface area contributed by atoms with Crippen molar-refractivity contribution in [2.45, 2.75) is 6.54 Å². The van der Waals surface area contributed by atoms with Gasteiger partial charge in [-0.2, -0.15) is 0 Å². The third-order valence-electron chi connectivity index (χ3n) is 3.35. The Morgan fingerprint density at radius 2 is 2.00 bits per heavy atom. The normalized spacial score (nSPS) is 11.0. The summed E-state index contributed by atoms with van der Waals surface area (Å²) in [6, 6.07) is 11.7. The number of aromatic carboxylic acids is 1. The van der Waals surface area contributed by atoms with E-state index in [9.17, 15) is 9.18 Å². The molecule has 0 unspecified atom stereocenters. The van der Waals surface area contributed by atoms with Gasteiger partial charge in [0.25, 0.3) is 0 Å². The highest BCUT2D eigenvalue weighted by molar-refractivity contribution is 6.31. The van der Waals surface area contributed by atoms with Crippen LogP contribution in [0.1, 0.15) is 15.9 Å². The van der Waals surface area contributed by atoms with Crippen LogP contribution in [0.2, 0.25) is 5.02 Å². The van der Waals surface area contributed by atoms with Gasteiger partial charge in [0.15, 0.2) is 0 Å². The molecule has 0 bridgehead atoms. The molecule has 3 aromatic rings. The Hall–Kier alpha value is -2.33. The molecule has 2 aromatic carbocycles. The van der Waals surface area contributed by atoms with Gasteiger partial charge in [-0.05, 0) is 41.3 Å². The summed E-state index contributed by atoms with van der Waals surface area (Å²) in [6.07, 6.45) is 1.89. The fourth-order valence-electron chi connectivity index (χ4n) is 2.32. The molecule has 5 heteroatoms. The zero-order valence-electron chi connectivity index (χ0n) is 10.9. The molecule has 0 radical (unpaired) electrons. The van der Waals surface area contributed by atoms with Crippen molar-refractivity contribution in [2.24, 2.45) is 0 Å². The van der Waals surface area contributed by atoms with Crippen LogP contribution in [0.4, 0.5) is 4.39 Å². The van der Waals surface area contributed by atoms with Gasteiger partial charge in [0, 0.05) is 23.3 Å². The van der Waals surface area contributed by atoms with Crippen molar-refractivity contribution in [2.75, 3.05) is 0 Å². The second-order valence-electron chi connectivity index (χ2n) is 4.77. The van der Waals surface area contributed by atoms with Crippen molar-refractivity contribution in [3.63, 3.8) is 0 Å². The van der Waals surface area contributed by atoms with Gasteiger partial charge in [-0.25, -0.2) is 9.18 Å². The van der Waals surface area contributed by atoms with Crippen LogP contribution in [0.5, 0.6) is 0 Å². The molecule has 0 aliphatic heterocycles. The number of nitrogens with zero attached hydrogens (tertiary/aromatic N) is 1. The van der Waals surface area contributed by atoms with Gasteiger partial charge >= 0.3 is 5.97 Å². The molecule has 0 aliphatic rings. The summed E-state index contributed by atoms with van der Waals surface area (Å²) >= 11 is 5.99. The van der Waals surface area contributed by atoms with E-state index in [0.717, 1.165) is 10.9 Å². The number of hydrogen-bond donors (Lipinski definition) is 1. The van der Waals surface area contributed by atoms with Crippen LogP contribution in [0.15, 0.2) is 48.7 Å². The third kappa shape index (κ3) is 2.62. The molecule has 0 fully saturated rings. The van der Waals surface area contributed by atoms with Crippen molar-refractivity contribution in [3.05, 3.63) is 70.6 Å². The quantitative estimate of drug-likeness (QED) is 0.788. The highest BCUT2D eigenvalue weighted by Gasteiger charge is 2.11. The van der Waals surface area contributed by atoms with Crippen LogP contribution >= 0.6 is 11.6 Å². The summed E-state index contributed by atoms with van der Waals surface area (Å²) in [6.45, 7) is 0.445. The molecule has 21 heavy (non-hydrogen) atoms. The summed E-state index contributed by atoms with van der Waals surface area (Å²) in [5.41, 5.74) is 1.32. The van der Waals surface area contributed by atoms with E-state index in [0.29, 0.717) is 17.1 Å². The van der Waals surface area contributed by atoms with Crippen molar-refractivity contribution < 1.29 is 14.3 Å². The zero-order valence-corrected chi connectivity index (χ0v) is 11.6. The second-order valence-corrected chi connectivity index (χ2v) is 5.20. The van der Waals surface area contributed by atoms with E-state index >= 15 is 0 Å². The Morgan fingerprint density at radius 3 is 2.71 bits per heavy atom.